The zero-order chi connectivity index (χ0) is 20.4. The first-order valence-corrected chi connectivity index (χ1v) is 10.0. The van der Waals surface area contributed by atoms with Gasteiger partial charge in [-0.05, 0) is 51.6 Å². The SMILES string of the molecule is CCC(C(=O)NC1CCCC1)N(C(=O)c1snc(C(N)=O)c1N)C(C)(C)C. The van der Waals surface area contributed by atoms with Crippen LogP contribution in [0.15, 0.2) is 0 Å². The van der Waals surface area contributed by atoms with Crippen LogP contribution in [0.4, 0.5) is 5.69 Å². The van der Waals surface area contributed by atoms with E-state index in [9.17, 15) is 14.4 Å². The molecule has 1 aliphatic rings. The maximum atomic E-state index is 13.3. The molecule has 8 nitrogen and oxygen atoms in total. The van der Waals surface area contributed by atoms with Crippen molar-refractivity contribution >= 4 is 34.9 Å². The fourth-order valence-corrected chi connectivity index (χ4v) is 4.25. The van der Waals surface area contributed by atoms with Gasteiger partial charge in [0.25, 0.3) is 11.8 Å². The van der Waals surface area contributed by atoms with Crippen molar-refractivity contribution in [3.8, 4) is 0 Å². The Morgan fingerprint density at radius 3 is 2.33 bits per heavy atom. The molecule has 0 saturated heterocycles. The van der Waals surface area contributed by atoms with E-state index in [0.717, 1.165) is 37.2 Å². The smallest absolute Gasteiger partial charge is 0.270 e. The first kappa shape index (κ1) is 21.1. The highest BCUT2D eigenvalue weighted by molar-refractivity contribution is 7.09. The molecule has 1 aromatic rings. The van der Waals surface area contributed by atoms with Gasteiger partial charge in [0.05, 0.1) is 5.69 Å². The summed E-state index contributed by atoms with van der Waals surface area (Å²) in [5.41, 5.74) is 10.4. The van der Waals surface area contributed by atoms with Gasteiger partial charge < -0.3 is 21.7 Å². The van der Waals surface area contributed by atoms with E-state index in [2.05, 4.69) is 9.69 Å². The van der Waals surface area contributed by atoms with Crippen molar-refractivity contribution in [3.05, 3.63) is 10.6 Å². The molecule has 1 atom stereocenters. The third-order valence-electron chi connectivity index (χ3n) is 4.80. The molecule has 150 valence electrons. The second-order valence-electron chi connectivity index (χ2n) is 7.90. The zero-order valence-electron chi connectivity index (χ0n) is 16.4. The first-order valence-electron chi connectivity index (χ1n) is 9.26. The minimum Gasteiger partial charge on any atom is -0.395 e. The van der Waals surface area contributed by atoms with E-state index >= 15 is 0 Å². The molecule has 1 aromatic heterocycles. The summed E-state index contributed by atoms with van der Waals surface area (Å²) in [4.78, 5) is 39.3. The summed E-state index contributed by atoms with van der Waals surface area (Å²) in [5, 5.41) is 3.08. The summed E-state index contributed by atoms with van der Waals surface area (Å²) >= 11 is 0.831. The monoisotopic (exact) mass is 395 g/mol. The van der Waals surface area contributed by atoms with Crippen molar-refractivity contribution in [3.63, 3.8) is 0 Å². The average Bonchev–Trinajstić information content (AvgIpc) is 3.19. The molecule has 0 aromatic carbocycles. The van der Waals surface area contributed by atoms with Crippen molar-refractivity contribution in [2.24, 2.45) is 5.73 Å². The lowest BCUT2D eigenvalue weighted by molar-refractivity contribution is -0.128. The molecule has 5 N–H and O–H groups in total. The number of anilines is 1. The molecule has 1 aliphatic carbocycles. The maximum Gasteiger partial charge on any atom is 0.270 e. The number of carbonyl (C=O) groups is 3. The number of nitrogen functional groups attached to an aromatic ring is 1. The molecular weight excluding hydrogens is 366 g/mol. The summed E-state index contributed by atoms with van der Waals surface area (Å²) in [6.07, 6.45) is 4.61. The highest BCUT2D eigenvalue weighted by atomic mass is 32.1. The maximum absolute atomic E-state index is 13.3. The van der Waals surface area contributed by atoms with Crippen LogP contribution in [0, 0.1) is 0 Å². The van der Waals surface area contributed by atoms with Gasteiger partial charge in [-0.1, -0.05) is 19.8 Å². The Kier molecular flexibility index (Phi) is 6.46. The Labute approximate surface area is 163 Å². The molecule has 1 heterocycles. The standard InChI is InChI=1S/C18H29N5O3S/c1-5-11(16(25)21-10-8-6-7-9-10)23(18(2,3)4)17(26)14-12(19)13(15(20)24)22-27-14/h10-11H,5-9,19H2,1-4H3,(H2,20,24)(H,21,25). The summed E-state index contributed by atoms with van der Waals surface area (Å²) in [7, 11) is 0. The number of rotatable bonds is 6. The van der Waals surface area contributed by atoms with Gasteiger partial charge in [-0.3, -0.25) is 14.4 Å². The van der Waals surface area contributed by atoms with Crippen LogP contribution in [-0.2, 0) is 4.79 Å². The molecule has 0 bridgehead atoms. The van der Waals surface area contributed by atoms with Crippen LogP contribution in [0.25, 0.3) is 0 Å². The van der Waals surface area contributed by atoms with Crippen LogP contribution in [0.5, 0.6) is 0 Å². The zero-order valence-corrected chi connectivity index (χ0v) is 17.2. The van der Waals surface area contributed by atoms with Crippen LogP contribution in [0.2, 0.25) is 0 Å². The Bertz CT molecular complexity index is 719. The molecule has 1 unspecified atom stereocenters. The van der Waals surface area contributed by atoms with Gasteiger partial charge in [0.2, 0.25) is 5.91 Å². The Morgan fingerprint density at radius 2 is 1.89 bits per heavy atom. The normalized spacial score (nSPS) is 16.1. The summed E-state index contributed by atoms with van der Waals surface area (Å²) in [5.74, 6) is -1.36. The molecule has 27 heavy (non-hydrogen) atoms. The van der Waals surface area contributed by atoms with E-state index in [1.165, 1.54) is 4.90 Å². The number of nitrogens with two attached hydrogens (primary N) is 2. The Balaban J connectivity index is 2.33. The number of hydrogen-bond donors (Lipinski definition) is 3. The quantitative estimate of drug-likeness (QED) is 0.677. The number of primary amides is 1. The molecule has 2 rings (SSSR count). The molecule has 9 heteroatoms. The molecular formula is C18H29N5O3S. The summed E-state index contributed by atoms with van der Waals surface area (Å²) in [6, 6.07) is -0.477. The third kappa shape index (κ3) is 4.58. The third-order valence-corrected chi connectivity index (χ3v) is 5.65. The van der Waals surface area contributed by atoms with Crippen LogP contribution in [0.1, 0.15) is 80.0 Å². The predicted molar refractivity (Wildman–Crippen MR) is 105 cm³/mol. The minimum absolute atomic E-state index is 0.0298. The highest BCUT2D eigenvalue weighted by Gasteiger charge is 2.39. The Morgan fingerprint density at radius 1 is 1.30 bits per heavy atom. The summed E-state index contributed by atoms with van der Waals surface area (Å²) in [6.45, 7) is 7.46. The fraction of sp³-hybridized carbons (Fsp3) is 0.667. The fourth-order valence-electron chi connectivity index (χ4n) is 3.50. The second kappa shape index (κ2) is 8.24. The van der Waals surface area contributed by atoms with Crippen molar-refractivity contribution in [1.29, 1.82) is 0 Å². The largest absolute Gasteiger partial charge is 0.395 e. The highest BCUT2D eigenvalue weighted by Crippen LogP contribution is 2.29. The number of nitrogens with zero attached hydrogens (tertiary/aromatic N) is 2. The van der Waals surface area contributed by atoms with Crippen molar-refractivity contribution < 1.29 is 14.4 Å². The number of hydrogen-bond acceptors (Lipinski definition) is 6. The van der Waals surface area contributed by atoms with Gasteiger partial charge in [-0.25, -0.2) is 0 Å². The van der Waals surface area contributed by atoms with E-state index in [1.807, 2.05) is 27.7 Å². The lowest BCUT2D eigenvalue weighted by Gasteiger charge is -2.41. The van der Waals surface area contributed by atoms with Gasteiger partial charge in [0.15, 0.2) is 5.69 Å². The van der Waals surface area contributed by atoms with Crippen molar-refractivity contribution in [2.45, 2.75) is 77.4 Å². The predicted octanol–water partition coefficient (Wildman–Crippen LogP) is 1.90. The van der Waals surface area contributed by atoms with E-state index in [1.54, 1.807) is 0 Å². The van der Waals surface area contributed by atoms with E-state index in [0.29, 0.717) is 6.42 Å². The Hall–Kier alpha value is -2.16. The molecule has 3 amide bonds. The number of carbonyl (C=O) groups excluding carboxylic acids is 3. The molecule has 0 spiro atoms. The topological polar surface area (TPSA) is 131 Å². The minimum atomic E-state index is -0.781. The average molecular weight is 396 g/mol. The van der Waals surface area contributed by atoms with Crippen molar-refractivity contribution in [1.82, 2.24) is 14.6 Å². The van der Waals surface area contributed by atoms with Gasteiger partial charge in [0, 0.05) is 11.6 Å². The van der Waals surface area contributed by atoms with Gasteiger partial charge in [0.1, 0.15) is 10.9 Å². The van der Waals surface area contributed by atoms with Crippen LogP contribution < -0.4 is 16.8 Å². The number of aromatic nitrogens is 1. The van der Waals surface area contributed by atoms with E-state index in [4.69, 9.17) is 11.5 Å². The molecule has 0 radical (unpaired) electrons. The first-order chi connectivity index (χ1) is 12.6. The number of nitrogens with one attached hydrogen (secondary N) is 1. The van der Waals surface area contributed by atoms with Gasteiger partial charge in [-0.2, -0.15) is 4.37 Å². The van der Waals surface area contributed by atoms with E-state index in [-0.39, 0.29) is 28.2 Å². The summed E-state index contributed by atoms with van der Waals surface area (Å²) < 4.78 is 3.91. The van der Waals surface area contributed by atoms with Crippen LogP contribution in [-0.4, -0.2) is 44.6 Å². The van der Waals surface area contributed by atoms with Crippen LogP contribution >= 0.6 is 11.5 Å². The molecule has 0 aliphatic heterocycles. The van der Waals surface area contributed by atoms with Gasteiger partial charge >= 0.3 is 0 Å². The number of amides is 3. The lowest BCUT2D eigenvalue weighted by atomic mass is 9.99. The van der Waals surface area contributed by atoms with E-state index < -0.39 is 23.4 Å². The second-order valence-corrected chi connectivity index (χ2v) is 8.67. The van der Waals surface area contributed by atoms with Crippen molar-refractivity contribution in [2.75, 3.05) is 5.73 Å². The molecule has 1 saturated carbocycles. The molecule has 1 fully saturated rings. The lowest BCUT2D eigenvalue weighted by Crippen LogP contribution is -2.57. The van der Waals surface area contributed by atoms with Gasteiger partial charge in [-0.15, -0.1) is 0 Å². The van der Waals surface area contributed by atoms with Crippen LogP contribution in [0.3, 0.4) is 0 Å².